The Hall–Kier alpha value is -1.61. The Morgan fingerprint density at radius 3 is 2.63 bits per heavy atom. The van der Waals surface area contributed by atoms with Crippen LogP contribution in [0.3, 0.4) is 0 Å². The maximum absolute atomic E-state index is 12.7. The minimum Gasteiger partial charge on any atom is -0.305 e. The molecule has 3 heteroatoms. The summed E-state index contributed by atoms with van der Waals surface area (Å²) in [6, 6.07) is 15.9. The van der Waals surface area contributed by atoms with Crippen molar-refractivity contribution in [1.82, 2.24) is 0 Å². The standard InChI is InChI=1S/C16H14BrNO/c1-11-10-12-6-2-5-9-15(12)18(11)16(19)13-7-3-4-8-14(13)17/h2-9,11H,10H2,1H3/t11-/m1/s1. The molecule has 1 heterocycles. The second kappa shape index (κ2) is 4.82. The zero-order valence-corrected chi connectivity index (χ0v) is 12.2. The van der Waals surface area contributed by atoms with Crippen molar-refractivity contribution in [2.75, 3.05) is 4.90 Å². The molecule has 96 valence electrons. The number of fused-ring (bicyclic) bond motifs is 1. The summed E-state index contributed by atoms with van der Waals surface area (Å²) in [5.74, 6) is 0.0601. The van der Waals surface area contributed by atoms with E-state index in [1.807, 2.05) is 47.4 Å². The lowest BCUT2D eigenvalue weighted by Gasteiger charge is -2.23. The van der Waals surface area contributed by atoms with Crippen LogP contribution in [0.25, 0.3) is 0 Å². The van der Waals surface area contributed by atoms with Gasteiger partial charge in [0.1, 0.15) is 0 Å². The van der Waals surface area contributed by atoms with Crippen LogP contribution in [0.1, 0.15) is 22.8 Å². The monoisotopic (exact) mass is 315 g/mol. The molecule has 0 unspecified atom stereocenters. The quantitative estimate of drug-likeness (QED) is 0.777. The topological polar surface area (TPSA) is 20.3 Å². The molecule has 2 aromatic carbocycles. The largest absolute Gasteiger partial charge is 0.305 e. The third kappa shape index (κ3) is 2.08. The molecule has 2 aromatic rings. The Balaban J connectivity index is 2.03. The van der Waals surface area contributed by atoms with Crippen molar-refractivity contribution in [2.45, 2.75) is 19.4 Å². The van der Waals surface area contributed by atoms with E-state index in [0.717, 1.165) is 16.6 Å². The van der Waals surface area contributed by atoms with Crippen LogP contribution < -0.4 is 4.90 Å². The van der Waals surface area contributed by atoms with Crippen LogP contribution in [0.4, 0.5) is 5.69 Å². The van der Waals surface area contributed by atoms with E-state index in [2.05, 4.69) is 28.9 Å². The molecular formula is C16H14BrNO. The highest BCUT2D eigenvalue weighted by Gasteiger charge is 2.31. The molecule has 0 bridgehead atoms. The maximum Gasteiger partial charge on any atom is 0.259 e. The van der Waals surface area contributed by atoms with E-state index in [-0.39, 0.29) is 11.9 Å². The third-order valence-corrected chi connectivity index (χ3v) is 4.22. The molecule has 0 saturated carbocycles. The van der Waals surface area contributed by atoms with Crippen LogP contribution in [-0.4, -0.2) is 11.9 Å². The van der Waals surface area contributed by atoms with E-state index >= 15 is 0 Å². The SMILES string of the molecule is C[C@@H]1Cc2ccccc2N1C(=O)c1ccccc1Br. The smallest absolute Gasteiger partial charge is 0.259 e. The molecule has 0 aromatic heterocycles. The number of nitrogens with zero attached hydrogens (tertiary/aromatic N) is 1. The summed E-state index contributed by atoms with van der Waals surface area (Å²) in [5.41, 5.74) is 3.00. The lowest BCUT2D eigenvalue weighted by molar-refractivity contribution is 0.0980. The summed E-state index contributed by atoms with van der Waals surface area (Å²) < 4.78 is 0.844. The van der Waals surface area contributed by atoms with Gasteiger partial charge in [-0.3, -0.25) is 4.79 Å². The van der Waals surface area contributed by atoms with Gasteiger partial charge in [0.15, 0.2) is 0 Å². The predicted octanol–water partition coefficient (Wildman–Crippen LogP) is 4.04. The highest BCUT2D eigenvalue weighted by molar-refractivity contribution is 9.10. The number of hydrogen-bond donors (Lipinski definition) is 0. The molecule has 1 atom stereocenters. The van der Waals surface area contributed by atoms with Gasteiger partial charge in [0, 0.05) is 16.2 Å². The van der Waals surface area contributed by atoms with Crippen LogP contribution in [0.5, 0.6) is 0 Å². The van der Waals surface area contributed by atoms with Gasteiger partial charge in [-0.15, -0.1) is 0 Å². The average Bonchev–Trinajstić information content (AvgIpc) is 2.74. The van der Waals surface area contributed by atoms with Crippen LogP contribution in [-0.2, 0) is 6.42 Å². The summed E-state index contributed by atoms with van der Waals surface area (Å²) in [4.78, 5) is 14.6. The first-order chi connectivity index (χ1) is 9.18. The van der Waals surface area contributed by atoms with Crippen molar-refractivity contribution in [3.63, 3.8) is 0 Å². The molecule has 0 N–H and O–H groups in total. The van der Waals surface area contributed by atoms with Gasteiger partial charge in [0.05, 0.1) is 5.56 Å². The Kier molecular flexibility index (Phi) is 3.15. The zero-order chi connectivity index (χ0) is 13.4. The lowest BCUT2D eigenvalue weighted by Crippen LogP contribution is -2.35. The second-order valence-corrected chi connectivity index (χ2v) is 5.69. The van der Waals surface area contributed by atoms with Gasteiger partial charge in [-0.05, 0) is 53.0 Å². The van der Waals surface area contributed by atoms with Crippen molar-refractivity contribution in [3.05, 3.63) is 64.1 Å². The molecule has 0 aliphatic carbocycles. The molecule has 2 nitrogen and oxygen atoms in total. The Morgan fingerprint density at radius 2 is 1.84 bits per heavy atom. The van der Waals surface area contributed by atoms with E-state index in [1.165, 1.54) is 5.56 Å². The van der Waals surface area contributed by atoms with E-state index in [0.29, 0.717) is 5.56 Å². The highest BCUT2D eigenvalue weighted by atomic mass is 79.9. The fourth-order valence-electron chi connectivity index (χ4n) is 2.64. The van der Waals surface area contributed by atoms with Gasteiger partial charge in [0.25, 0.3) is 5.91 Å². The van der Waals surface area contributed by atoms with Gasteiger partial charge in [-0.1, -0.05) is 30.3 Å². The number of anilines is 1. The number of carbonyl (C=O) groups is 1. The molecule has 0 fully saturated rings. The zero-order valence-electron chi connectivity index (χ0n) is 10.6. The molecule has 19 heavy (non-hydrogen) atoms. The van der Waals surface area contributed by atoms with Crippen molar-refractivity contribution >= 4 is 27.5 Å². The third-order valence-electron chi connectivity index (χ3n) is 3.53. The van der Waals surface area contributed by atoms with Crippen molar-refractivity contribution < 1.29 is 4.79 Å². The Bertz CT molecular complexity index is 638. The molecule has 3 rings (SSSR count). The maximum atomic E-state index is 12.7. The summed E-state index contributed by atoms with van der Waals surface area (Å²) in [5, 5.41) is 0. The molecule has 0 saturated heterocycles. The molecule has 0 radical (unpaired) electrons. The van der Waals surface area contributed by atoms with E-state index in [9.17, 15) is 4.79 Å². The Labute approximate surface area is 121 Å². The van der Waals surface area contributed by atoms with Gasteiger partial charge in [0.2, 0.25) is 0 Å². The highest BCUT2D eigenvalue weighted by Crippen LogP contribution is 2.33. The minimum atomic E-state index is 0.0601. The van der Waals surface area contributed by atoms with E-state index in [1.54, 1.807) is 0 Å². The first-order valence-electron chi connectivity index (χ1n) is 6.34. The second-order valence-electron chi connectivity index (χ2n) is 4.84. The number of amides is 1. The van der Waals surface area contributed by atoms with Gasteiger partial charge in [-0.25, -0.2) is 0 Å². The molecular weight excluding hydrogens is 302 g/mol. The molecule has 1 aliphatic rings. The number of carbonyl (C=O) groups excluding carboxylic acids is 1. The summed E-state index contributed by atoms with van der Waals surface area (Å²) in [6.07, 6.45) is 0.923. The Morgan fingerprint density at radius 1 is 1.16 bits per heavy atom. The van der Waals surface area contributed by atoms with Crippen molar-refractivity contribution in [3.8, 4) is 0 Å². The minimum absolute atomic E-state index is 0.0601. The first-order valence-corrected chi connectivity index (χ1v) is 7.14. The number of halogens is 1. The van der Waals surface area contributed by atoms with Crippen LogP contribution in [0.15, 0.2) is 53.0 Å². The van der Waals surface area contributed by atoms with E-state index < -0.39 is 0 Å². The first kappa shape index (κ1) is 12.4. The molecule has 1 amide bonds. The van der Waals surface area contributed by atoms with Crippen molar-refractivity contribution in [1.29, 1.82) is 0 Å². The fraction of sp³-hybridized carbons (Fsp3) is 0.188. The number of para-hydroxylation sites is 1. The summed E-state index contributed by atoms with van der Waals surface area (Å²) >= 11 is 3.46. The predicted molar refractivity (Wildman–Crippen MR) is 80.6 cm³/mol. The fourth-order valence-corrected chi connectivity index (χ4v) is 3.09. The van der Waals surface area contributed by atoms with Crippen LogP contribution >= 0.6 is 15.9 Å². The number of hydrogen-bond acceptors (Lipinski definition) is 1. The van der Waals surface area contributed by atoms with Gasteiger partial charge < -0.3 is 4.90 Å². The molecule has 0 spiro atoms. The van der Waals surface area contributed by atoms with Crippen molar-refractivity contribution in [2.24, 2.45) is 0 Å². The van der Waals surface area contributed by atoms with Gasteiger partial charge >= 0.3 is 0 Å². The van der Waals surface area contributed by atoms with Crippen LogP contribution in [0.2, 0.25) is 0 Å². The average molecular weight is 316 g/mol. The number of rotatable bonds is 1. The summed E-state index contributed by atoms with van der Waals surface area (Å²) in [7, 11) is 0. The summed E-state index contributed by atoms with van der Waals surface area (Å²) in [6.45, 7) is 2.09. The van der Waals surface area contributed by atoms with Crippen LogP contribution in [0, 0.1) is 0 Å². The lowest BCUT2D eigenvalue weighted by atomic mass is 10.1. The van der Waals surface area contributed by atoms with E-state index in [4.69, 9.17) is 0 Å². The van der Waals surface area contributed by atoms with Gasteiger partial charge in [-0.2, -0.15) is 0 Å². The molecule has 1 aliphatic heterocycles. The normalized spacial score (nSPS) is 17.4. The number of benzene rings is 2.